The van der Waals surface area contributed by atoms with E-state index in [9.17, 15) is 4.79 Å². The number of rotatable bonds is 4. The lowest BCUT2D eigenvalue weighted by Crippen LogP contribution is -2.49. The van der Waals surface area contributed by atoms with Crippen molar-refractivity contribution in [2.24, 2.45) is 23.7 Å². The molecular formula is C16H23N7OS2. The van der Waals surface area contributed by atoms with E-state index in [0.29, 0.717) is 17.3 Å². The van der Waals surface area contributed by atoms with Crippen LogP contribution in [-0.4, -0.2) is 38.5 Å². The lowest BCUT2D eigenvalue weighted by atomic mass is 10.1. The number of hydrogen-bond donors (Lipinski definition) is 2. The van der Waals surface area contributed by atoms with Crippen LogP contribution in [0.15, 0.2) is 35.5 Å². The number of amides is 2. The summed E-state index contributed by atoms with van der Waals surface area (Å²) in [5.74, 6) is 12.8. The number of aryl methyl sites for hydroxylation is 2. The molecule has 2 rings (SSSR count). The van der Waals surface area contributed by atoms with Crippen molar-refractivity contribution in [1.29, 1.82) is 0 Å². The molecule has 8 nitrogen and oxygen atoms in total. The Morgan fingerprint density at radius 3 is 2.65 bits per heavy atom. The number of hydrogen-bond acceptors (Lipinski definition) is 7. The maximum atomic E-state index is 12.1. The van der Waals surface area contributed by atoms with Crippen LogP contribution in [-0.2, 0) is 12.8 Å². The maximum absolute atomic E-state index is 12.1. The largest absolute Gasteiger partial charge is 0.352 e. The Hall–Kier alpha value is -2.01. The normalized spacial score (nSPS) is 11.5. The third-order valence-electron chi connectivity index (χ3n) is 3.57. The second-order valence-electron chi connectivity index (χ2n) is 5.55. The molecule has 0 aliphatic heterocycles. The van der Waals surface area contributed by atoms with Crippen LogP contribution in [0.3, 0.4) is 0 Å². The Morgan fingerprint density at radius 1 is 1.35 bits per heavy atom. The smallest absolute Gasteiger partial charge is 0.274 e. The Balaban J connectivity index is 2.23. The quantitative estimate of drug-likeness (QED) is 0.272. The van der Waals surface area contributed by atoms with Gasteiger partial charge in [0, 0.05) is 32.1 Å². The highest BCUT2D eigenvalue weighted by molar-refractivity contribution is 8.38. The molecule has 0 saturated heterocycles. The fourth-order valence-corrected chi connectivity index (χ4v) is 3.83. The number of benzene rings is 1. The standard InChI is InChI=1S/C16H23N7OS2/c1-11-6-5-7-13(23(18)16(24)22(3)17)12(11)10-26-15(25-4)19-14-8-9-21(2)20-14/h5-9H,10,17-18H2,1-4H3. The fourth-order valence-electron chi connectivity index (χ4n) is 2.20. The molecule has 0 atom stereocenters. The van der Waals surface area contributed by atoms with E-state index < -0.39 is 6.03 Å². The molecule has 1 heterocycles. The summed E-state index contributed by atoms with van der Waals surface area (Å²) in [5.41, 5.74) is 2.62. The molecule has 0 unspecified atom stereocenters. The summed E-state index contributed by atoms with van der Waals surface area (Å²) in [4.78, 5) is 16.7. The molecule has 1 aromatic carbocycles. The topological polar surface area (TPSA) is 106 Å². The molecule has 0 aliphatic carbocycles. The predicted molar refractivity (Wildman–Crippen MR) is 110 cm³/mol. The molecule has 0 radical (unpaired) electrons. The number of aliphatic imine (C=N–C) groups is 1. The molecule has 2 aromatic rings. The van der Waals surface area contributed by atoms with Gasteiger partial charge in [-0.05, 0) is 30.4 Å². The number of thioether (sulfide) groups is 2. The average molecular weight is 394 g/mol. The Bertz CT molecular complexity index is 804. The monoisotopic (exact) mass is 393 g/mol. The molecule has 0 spiro atoms. The van der Waals surface area contributed by atoms with Gasteiger partial charge in [0.25, 0.3) is 0 Å². The molecule has 1 aromatic heterocycles. The van der Waals surface area contributed by atoms with Gasteiger partial charge in [0.2, 0.25) is 0 Å². The molecule has 0 bridgehead atoms. The zero-order valence-corrected chi connectivity index (χ0v) is 16.8. The van der Waals surface area contributed by atoms with Gasteiger partial charge in [-0.15, -0.1) is 11.8 Å². The maximum Gasteiger partial charge on any atom is 0.352 e. The van der Waals surface area contributed by atoms with E-state index in [-0.39, 0.29) is 0 Å². The van der Waals surface area contributed by atoms with Crippen molar-refractivity contribution < 1.29 is 4.79 Å². The molecule has 4 N–H and O–H groups in total. The molecule has 0 fully saturated rings. The van der Waals surface area contributed by atoms with Crippen molar-refractivity contribution in [3.63, 3.8) is 0 Å². The molecule has 26 heavy (non-hydrogen) atoms. The summed E-state index contributed by atoms with van der Waals surface area (Å²) in [5, 5.41) is 6.29. The Kier molecular flexibility index (Phi) is 7.09. The van der Waals surface area contributed by atoms with Gasteiger partial charge in [-0.3, -0.25) is 9.69 Å². The van der Waals surface area contributed by atoms with Gasteiger partial charge in [-0.25, -0.2) is 26.5 Å². The van der Waals surface area contributed by atoms with E-state index in [1.807, 2.05) is 44.6 Å². The predicted octanol–water partition coefficient (Wildman–Crippen LogP) is 2.62. The zero-order chi connectivity index (χ0) is 19.3. The lowest BCUT2D eigenvalue weighted by Gasteiger charge is -2.24. The SMILES string of the molecule is CSC(=Nc1ccn(C)n1)SCc1c(C)cccc1N(N)C(=O)N(C)N. The molecular weight excluding hydrogens is 370 g/mol. The minimum absolute atomic E-state index is 0.492. The van der Waals surface area contributed by atoms with E-state index >= 15 is 0 Å². The van der Waals surface area contributed by atoms with E-state index in [0.717, 1.165) is 25.5 Å². The third-order valence-corrected chi connectivity index (χ3v) is 5.64. The van der Waals surface area contributed by atoms with Gasteiger partial charge in [0.1, 0.15) is 4.38 Å². The van der Waals surface area contributed by atoms with Crippen LogP contribution in [0.1, 0.15) is 11.1 Å². The molecule has 0 saturated carbocycles. The molecule has 2 amide bonds. The van der Waals surface area contributed by atoms with Gasteiger partial charge in [-0.1, -0.05) is 23.9 Å². The summed E-state index contributed by atoms with van der Waals surface area (Å²) < 4.78 is 2.59. The first-order valence-corrected chi connectivity index (χ1v) is 9.95. The first kappa shape index (κ1) is 20.3. The molecule has 140 valence electrons. The van der Waals surface area contributed by atoms with Crippen LogP contribution in [0.25, 0.3) is 0 Å². The highest BCUT2D eigenvalue weighted by Gasteiger charge is 2.19. The van der Waals surface area contributed by atoms with Crippen LogP contribution in [0, 0.1) is 6.92 Å². The van der Waals surface area contributed by atoms with Crippen LogP contribution < -0.4 is 16.7 Å². The summed E-state index contributed by atoms with van der Waals surface area (Å²) >= 11 is 3.12. The average Bonchev–Trinajstić information content (AvgIpc) is 3.02. The van der Waals surface area contributed by atoms with Crippen LogP contribution in [0.2, 0.25) is 0 Å². The number of anilines is 1. The minimum Gasteiger partial charge on any atom is -0.274 e. The highest BCUT2D eigenvalue weighted by Crippen LogP contribution is 2.30. The Labute approximate surface area is 161 Å². The van der Waals surface area contributed by atoms with E-state index in [1.54, 1.807) is 34.3 Å². The lowest BCUT2D eigenvalue weighted by molar-refractivity contribution is 0.216. The van der Waals surface area contributed by atoms with Crippen molar-refractivity contribution in [1.82, 2.24) is 14.8 Å². The summed E-state index contributed by atoms with van der Waals surface area (Å²) in [6, 6.07) is 7.01. The molecule has 10 heteroatoms. The number of urea groups is 1. The van der Waals surface area contributed by atoms with E-state index in [2.05, 4.69) is 10.1 Å². The van der Waals surface area contributed by atoms with Crippen molar-refractivity contribution in [2.75, 3.05) is 18.3 Å². The number of aromatic nitrogens is 2. The number of nitrogens with two attached hydrogens (primary N) is 2. The fraction of sp³-hybridized carbons (Fsp3) is 0.312. The van der Waals surface area contributed by atoms with Gasteiger partial charge >= 0.3 is 6.03 Å². The highest BCUT2D eigenvalue weighted by atomic mass is 32.2. The van der Waals surface area contributed by atoms with Gasteiger partial charge < -0.3 is 0 Å². The number of carbonyl (C=O) groups is 1. The number of nitrogens with zero attached hydrogens (tertiary/aromatic N) is 5. The van der Waals surface area contributed by atoms with Crippen LogP contribution in [0.4, 0.5) is 16.3 Å². The first-order chi connectivity index (χ1) is 12.3. The summed E-state index contributed by atoms with van der Waals surface area (Å²) in [6.07, 6.45) is 3.82. The zero-order valence-electron chi connectivity index (χ0n) is 15.2. The van der Waals surface area contributed by atoms with Gasteiger partial charge in [0.15, 0.2) is 5.82 Å². The summed E-state index contributed by atoms with van der Waals surface area (Å²) in [7, 11) is 3.31. The van der Waals surface area contributed by atoms with Crippen molar-refractivity contribution in [3.05, 3.63) is 41.6 Å². The number of hydrazine groups is 2. The van der Waals surface area contributed by atoms with E-state index in [4.69, 9.17) is 11.7 Å². The van der Waals surface area contributed by atoms with Crippen LogP contribution >= 0.6 is 23.5 Å². The van der Waals surface area contributed by atoms with Crippen molar-refractivity contribution in [3.8, 4) is 0 Å². The Morgan fingerprint density at radius 2 is 2.08 bits per heavy atom. The van der Waals surface area contributed by atoms with E-state index in [1.165, 1.54) is 7.05 Å². The first-order valence-electron chi connectivity index (χ1n) is 7.74. The second-order valence-corrected chi connectivity index (χ2v) is 7.57. The third kappa shape index (κ3) is 5.01. The summed E-state index contributed by atoms with van der Waals surface area (Å²) in [6.45, 7) is 1.98. The van der Waals surface area contributed by atoms with Gasteiger partial charge in [-0.2, -0.15) is 5.10 Å². The van der Waals surface area contributed by atoms with Gasteiger partial charge in [0.05, 0.1) is 5.69 Å². The minimum atomic E-state index is -0.492. The van der Waals surface area contributed by atoms with Crippen molar-refractivity contribution >= 4 is 45.4 Å². The van der Waals surface area contributed by atoms with Crippen molar-refractivity contribution in [2.45, 2.75) is 12.7 Å². The molecule has 0 aliphatic rings. The second kappa shape index (κ2) is 9.08. The number of carbonyl (C=O) groups excluding carboxylic acids is 1. The van der Waals surface area contributed by atoms with Crippen LogP contribution in [0.5, 0.6) is 0 Å².